The standard InChI is InChI=1S/C23H27FN2.W/c1-3-5-14-23(20-11-7-6-8-12-20)26-22(4-2)15-16-25-18-19-10-9-13-21(24)17-19;/h4,6-13,17,25H,3,5,14-16H2,1-2H3;/b22-4-,26-23?;. The second-order valence-corrected chi connectivity index (χ2v) is 7.79. The minimum absolute atomic E-state index is 0.199. The van der Waals surface area contributed by atoms with E-state index in [0.29, 0.717) is 0 Å². The molecule has 2 aromatic carbocycles. The molecule has 2 rings (SSSR count). The first kappa shape index (κ1) is 21.6. The summed E-state index contributed by atoms with van der Waals surface area (Å²) in [5.74, 6) is -0.199. The number of nitrogens with zero attached hydrogens (tertiary/aromatic N) is 1. The summed E-state index contributed by atoms with van der Waals surface area (Å²) in [7, 11) is 0. The van der Waals surface area contributed by atoms with E-state index < -0.39 is 0 Å². The Balaban J connectivity index is 2.00. The van der Waals surface area contributed by atoms with Crippen molar-refractivity contribution >= 4 is 9.73 Å². The van der Waals surface area contributed by atoms with Gasteiger partial charge in [0.15, 0.2) is 0 Å². The number of nitrogens with one attached hydrogen (secondary N) is 1. The van der Waals surface area contributed by atoms with Crippen LogP contribution in [0, 0.1) is 5.82 Å². The summed E-state index contributed by atoms with van der Waals surface area (Å²) < 4.78 is 14.4. The van der Waals surface area contributed by atoms with Crippen molar-refractivity contribution in [2.45, 2.75) is 39.5 Å². The molecule has 0 amide bonds. The number of benzene rings is 2. The van der Waals surface area contributed by atoms with Crippen LogP contribution in [0.4, 0.5) is 4.39 Å². The SMILES string of the molecule is C/C=C(/CCN[C](=[W])c1cccc(F)c1)N=C(CCCC)c1ccccc1. The second-order valence-electron chi connectivity index (χ2n) is 6.32. The van der Waals surface area contributed by atoms with E-state index >= 15 is 0 Å². The van der Waals surface area contributed by atoms with E-state index in [2.05, 4.69) is 42.6 Å². The molecule has 142 valence electrons. The van der Waals surface area contributed by atoms with Gasteiger partial charge in [0, 0.05) is 0 Å². The fraction of sp³-hybridized carbons (Fsp3) is 0.304. The van der Waals surface area contributed by atoms with Crippen molar-refractivity contribution in [3.05, 3.63) is 83.3 Å². The predicted molar refractivity (Wildman–Crippen MR) is 109 cm³/mol. The van der Waals surface area contributed by atoms with Crippen LogP contribution in [0.25, 0.3) is 0 Å². The average Bonchev–Trinajstić information content (AvgIpc) is 2.70. The topological polar surface area (TPSA) is 24.4 Å². The monoisotopic (exact) mass is 534 g/mol. The van der Waals surface area contributed by atoms with E-state index in [-0.39, 0.29) is 5.82 Å². The third-order valence-corrected chi connectivity index (χ3v) is 5.60. The maximum atomic E-state index is 13.4. The van der Waals surface area contributed by atoms with Gasteiger partial charge in [-0.1, -0.05) is 0 Å². The Bertz CT molecular complexity index is 797. The van der Waals surface area contributed by atoms with Gasteiger partial charge in [-0.2, -0.15) is 0 Å². The molecule has 0 saturated heterocycles. The van der Waals surface area contributed by atoms with Crippen molar-refractivity contribution in [3.63, 3.8) is 0 Å². The second kappa shape index (κ2) is 11.9. The molecule has 0 unspecified atom stereocenters. The molecule has 2 nitrogen and oxygen atoms in total. The molecule has 0 spiro atoms. The molecule has 0 aromatic heterocycles. The van der Waals surface area contributed by atoms with E-state index in [1.54, 1.807) is 12.1 Å². The minimum atomic E-state index is -0.199. The van der Waals surface area contributed by atoms with E-state index in [0.717, 1.165) is 53.2 Å². The van der Waals surface area contributed by atoms with Gasteiger partial charge in [0.2, 0.25) is 0 Å². The van der Waals surface area contributed by atoms with E-state index in [4.69, 9.17) is 4.99 Å². The van der Waals surface area contributed by atoms with Gasteiger partial charge in [-0.05, 0) is 0 Å². The van der Waals surface area contributed by atoms with Crippen LogP contribution >= 0.6 is 0 Å². The van der Waals surface area contributed by atoms with Crippen LogP contribution in [0.15, 0.2) is 71.4 Å². The van der Waals surface area contributed by atoms with Gasteiger partial charge in [0.25, 0.3) is 0 Å². The number of hydrogen-bond donors (Lipinski definition) is 1. The molecule has 4 heteroatoms. The Morgan fingerprint density at radius 1 is 1.07 bits per heavy atom. The molecule has 0 radical (unpaired) electrons. The normalized spacial score (nSPS) is 12.3. The molecule has 0 aliphatic heterocycles. The molecule has 0 bridgehead atoms. The van der Waals surface area contributed by atoms with Crippen molar-refractivity contribution in [1.29, 1.82) is 0 Å². The van der Waals surface area contributed by atoms with Crippen LogP contribution in [-0.2, 0) is 19.4 Å². The van der Waals surface area contributed by atoms with Crippen LogP contribution in [0.5, 0.6) is 0 Å². The number of rotatable bonds is 10. The molecule has 0 saturated carbocycles. The first-order valence-corrected chi connectivity index (χ1v) is 10.9. The predicted octanol–water partition coefficient (Wildman–Crippen LogP) is 5.41. The average molecular weight is 534 g/mol. The van der Waals surface area contributed by atoms with Crippen LogP contribution in [0.1, 0.15) is 50.7 Å². The molecule has 27 heavy (non-hydrogen) atoms. The Morgan fingerprint density at radius 3 is 2.48 bits per heavy atom. The molecule has 0 atom stereocenters. The van der Waals surface area contributed by atoms with Crippen molar-refractivity contribution in [1.82, 2.24) is 5.32 Å². The Kier molecular flexibility index (Phi) is 9.51. The number of unbranched alkanes of at least 4 members (excludes halogenated alkanes) is 1. The van der Waals surface area contributed by atoms with E-state index in [1.807, 2.05) is 19.1 Å². The van der Waals surface area contributed by atoms with Gasteiger partial charge in [-0.3, -0.25) is 0 Å². The van der Waals surface area contributed by atoms with Gasteiger partial charge >= 0.3 is 173 Å². The summed E-state index contributed by atoms with van der Waals surface area (Å²) in [4.78, 5) is 4.96. The molecular formula is C23H27FN2W. The van der Waals surface area contributed by atoms with Crippen LogP contribution < -0.4 is 5.32 Å². The van der Waals surface area contributed by atoms with Gasteiger partial charge in [0.1, 0.15) is 0 Å². The van der Waals surface area contributed by atoms with Crippen LogP contribution in [0.3, 0.4) is 0 Å². The fourth-order valence-electron chi connectivity index (χ4n) is 2.71. The third kappa shape index (κ3) is 7.44. The summed E-state index contributed by atoms with van der Waals surface area (Å²) in [6.45, 7) is 5.03. The zero-order chi connectivity index (χ0) is 19.5. The van der Waals surface area contributed by atoms with Gasteiger partial charge < -0.3 is 0 Å². The van der Waals surface area contributed by atoms with Crippen molar-refractivity contribution in [2.24, 2.45) is 4.99 Å². The quantitative estimate of drug-likeness (QED) is 0.405. The molecule has 0 heterocycles. The van der Waals surface area contributed by atoms with E-state index in [9.17, 15) is 4.39 Å². The van der Waals surface area contributed by atoms with Crippen molar-refractivity contribution in [2.75, 3.05) is 6.54 Å². The molecule has 2 aromatic rings. The number of hydrogen-bond acceptors (Lipinski definition) is 2. The first-order chi connectivity index (χ1) is 13.1. The Morgan fingerprint density at radius 2 is 1.81 bits per heavy atom. The zero-order valence-corrected chi connectivity index (χ0v) is 19.0. The number of allylic oxidation sites excluding steroid dienone is 1. The summed E-state index contributed by atoms with van der Waals surface area (Å²) in [6, 6.07) is 17.2. The molecule has 0 aliphatic rings. The van der Waals surface area contributed by atoms with Gasteiger partial charge in [-0.25, -0.2) is 0 Å². The van der Waals surface area contributed by atoms with Crippen LogP contribution in [-0.4, -0.2) is 16.3 Å². The number of aliphatic imine (C=N–C) groups is 1. The summed E-state index contributed by atoms with van der Waals surface area (Å²) in [6.07, 6.45) is 6.21. The van der Waals surface area contributed by atoms with Crippen molar-refractivity contribution < 1.29 is 23.7 Å². The Labute approximate surface area is 173 Å². The first-order valence-electron chi connectivity index (χ1n) is 9.46. The molecule has 0 aliphatic carbocycles. The van der Waals surface area contributed by atoms with Crippen molar-refractivity contribution in [3.8, 4) is 0 Å². The number of halogens is 1. The third-order valence-electron chi connectivity index (χ3n) is 4.24. The summed E-state index contributed by atoms with van der Waals surface area (Å²) in [5.41, 5.74) is 4.36. The summed E-state index contributed by atoms with van der Waals surface area (Å²) >= 11 is 1.30. The molecular weight excluding hydrogens is 507 g/mol. The molecule has 0 fully saturated rings. The van der Waals surface area contributed by atoms with Crippen LogP contribution in [0.2, 0.25) is 0 Å². The summed E-state index contributed by atoms with van der Waals surface area (Å²) in [5, 5.41) is 3.42. The zero-order valence-electron chi connectivity index (χ0n) is 16.0. The van der Waals surface area contributed by atoms with Gasteiger partial charge in [0.05, 0.1) is 0 Å². The van der Waals surface area contributed by atoms with E-state index in [1.165, 1.54) is 31.0 Å². The van der Waals surface area contributed by atoms with Gasteiger partial charge in [-0.15, -0.1) is 0 Å². The fourth-order valence-corrected chi connectivity index (χ4v) is 3.54. The molecule has 1 N–H and O–H groups in total. The maximum absolute atomic E-state index is 13.4. The Hall–Kier alpha value is -1.70.